The van der Waals surface area contributed by atoms with Crippen molar-refractivity contribution in [3.05, 3.63) is 77.4 Å². The molecule has 1 fully saturated rings. The number of benzene rings is 3. The van der Waals surface area contributed by atoms with E-state index in [1.807, 2.05) is 62.4 Å². The average molecular weight is 536 g/mol. The Labute approximate surface area is 225 Å². The van der Waals surface area contributed by atoms with Gasteiger partial charge in [0.1, 0.15) is 11.6 Å². The fraction of sp³-hybridized carbons (Fsp3) is 0.333. The first-order valence-electron chi connectivity index (χ1n) is 13.1. The maximum Gasteiger partial charge on any atom is 0.573 e. The van der Waals surface area contributed by atoms with Gasteiger partial charge in [-0.05, 0) is 73.9 Å². The van der Waals surface area contributed by atoms with E-state index in [0.29, 0.717) is 22.9 Å². The van der Waals surface area contributed by atoms with E-state index in [1.54, 1.807) is 6.07 Å². The lowest BCUT2D eigenvalue weighted by molar-refractivity contribution is -0.274. The predicted molar refractivity (Wildman–Crippen MR) is 148 cm³/mol. The molecule has 1 heterocycles. The van der Waals surface area contributed by atoms with Gasteiger partial charge in [-0.1, -0.05) is 48.5 Å². The number of alkyl halides is 3. The lowest BCUT2D eigenvalue weighted by Gasteiger charge is -2.30. The summed E-state index contributed by atoms with van der Waals surface area (Å²) in [6, 6.07) is 18.6. The van der Waals surface area contributed by atoms with E-state index < -0.39 is 6.36 Å². The minimum absolute atomic E-state index is 0.178. The van der Waals surface area contributed by atoms with Gasteiger partial charge in [-0.25, -0.2) is 4.98 Å². The van der Waals surface area contributed by atoms with E-state index in [0.717, 1.165) is 53.3 Å². The molecular weight excluding hydrogens is 503 g/mol. The van der Waals surface area contributed by atoms with E-state index in [1.165, 1.54) is 6.07 Å². The molecular formula is C30H32F3N5O. The third-order valence-corrected chi connectivity index (χ3v) is 7.46. The Kier molecular flexibility index (Phi) is 7.61. The number of nitrogens with two attached hydrogens (primary N) is 1. The second kappa shape index (κ2) is 11.1. The maximum atomic E-state index is 13.2. The van der Waals surface area contributed by atoms with Crippen molar-refractivity contribution in [3.63, 3.8) is 0 Å². The second-order valence-corrected chi connectivity index (χ2v) is 10.1. The van der Waals surface area contributed by atoms with Crippen LogP contribution in [0.4, 0.5) is 24.9 Å². The first-order chi connectivity index (χ1) is 18.7. The van der Waals surface area contributed by atoms with Gasteiger partial charge in [-0.3, -0.25) is 0 Å². The highest BCUT2D eigenvalue weighted by Crippen LogP contribution is 2.32. The number of hydrogen-bond donors (Lipinski definition) is 3. The van der Waals surface area contributed by atoms with Gasteiger partial charge < -0.3 is 21.1 Å². The zero-order valence-corrected chi connectivity index (χ0v) is 22.0. The molecule has 4 aromatic rings. The summed E-state index contributed by atoms with van der Waals surface area (Å²) in [6.07, 6.45) is -1.26. The number of aryl methyl sites for hydroxylation is 2. The largest absolute Gasteiger partial charge is 0.573 e. The molecule has 5 rings (SSSR count). The molecule has 6 nitrogen and oxygen atoms in total. The molecule has 0 unspecified atom stereocenters. The van der Waals surface area contributed by atoms with Crippen LogP contribution in [0, 0.1) is 13.8 Å². The third kappa shape index (κ3) is 6.42. The van der Waals surface area contributed by atoms with Crippen LogP contribution in [0.5, 0.6) is 5.75 Å². The van der Waals surface area contributed by atoms with E-state index >= 15 is 0 Å². The van der Waals surface area contributed by atoms with Crippen molar-refractivity contribution in [2.45, 2.75) is 64.5 Å². The van der Waals surface area contributed by atoms with Crippen LogP contribution in [0.15, 0.2) is 60.7 Å². The molecule has 0 atom stereocenters. The number of nitrogens with zero attached hydrogens (tertiary/aromatic N) is 2. The van der Waals surface area contributed by atoms with E-state index in [2.05, 4.69) is 25.3 Å². The SMILES string of the molecule is Cc1ccc2nc(NC3CCC(NCc4ccc(-c5ccccc5)cc4OC(F)(F)F)CC3)nc(N)c2c1C. The van der Waals surface area contributed by atoms with Crippen LogP contribution >= 0.6 is 0 Å². The molecule has 39 heavy (non-hydrogen) atoms. The number of anilines is 2. The predicted octanol–water partition coefficient (Wildman–Crippen LogP) is 6.91. The van der Waals surface area contributed by atoms with Crippen molar-refractivity contribution in [2.75, 3.05) is 11.1 Å². The Morgan fingerprint density at radius 1 is 0.897 bits per heavy atom. The Hall–Kier alpha value is -3.85. The third-order valence-electron chi connectivity index (χ3n) is 7.46. The van der Waals surface area contributed by atoms with E-state index in [9.17, 15) is 13.2 Å². The highest BCUT2D eigenvalue weighted by atomic mass is 19.4. The molecule has 1 aromatic heterocycles. The van der Waals surface area contributed by atoms with Crippen LogP contribution in [-0.2, 0) is 6.54 Å². The van der Waals surface area contributed by atoms with Gasteiger partial charge in [0.05, 0.1) is 5.52 Å². The molecule has 0 radical (unpaired) electrons. The smallest absolute Gasteiger partial charge is 0.405 e. The lowest BCUT2D eigenvalue weighted by atomic mass is 9.91. The highest BCUT2D eigenvalue weighted by molar-refractivity contribution is 5.92. The fourth-order valence-corrected chi connectivity index (χ4v) is 5.20. The van der Waals surface area contributed by atoms with Gasteiger partial charge in [0, 0.05) is 29.6 Å². The molecule has 4 N–H and O–H groups in total. The average Bonchev–Trinajstić information content (AvgIpc) is 2.90. The second-order valence-electron chi connectivity index (χ2n) is 10.1. The van der Waals surface area contributed by atoms with Crippen LogP contribution in [-0.4, -0.2) is 28.4 Å². The molecule has 3 aromatic carbocycles. The molecule has 204 valence electrons. The molecule has 1 aliphatic carbocycles. The van der Waals surface area contributed by atoms with Gasteiger partial charge in [0.25, 0.3) is 0 Å². The molecule has 0 amide bonds. The standard InChI is InChI=1S/C30H32F3N5O/c1-18-8-15-25-27(19(18)2)28(34)38-29(37-25)36-24-13-11-23(12-14-24)35-17-22-10-9-21(20-6-4-3-5-7-20)16-26(22)39-30(31,32)33/h3-10,15-16,23-24,35H,11-14,17H2,1-2H3,(H3,34,36,37,38). The monoisotopic (exact) mass is 535 g/mol. The van der Waals surface area contributed by atoms with Gasteiger partial charge in [0.15, 0.2) is 0 Å². The number of nitrogen functional groups attached to an aromatic ring is 1. The summed E-state index contributed by atoms with van der Waals surface area (Å²) in [4.78, 5) is 9.17. The molecule has 1 saturated carbocycles. The normalized spacial score (nSPS) is 17.8. The van der Waals surface area contributed by atoms with Crippen molar-refractivity contribution in [3.8, 4) is 16.9 Å². The molecule has 0 spiro atoms. The molecule has 1 aliphatic rings. The summed E-state index contributed by atoms with van der Waals surface area (Å²) in [5, 5.41) is 7.74. The van der Waals surface area contributed by atoms with Crippen LogP contribution in [0.2, 0.25) is 0 Å². The minimum Gasteiger partial charge on any atom is -0.405 e. The Morgan fingerprint density at radius 3 is 2.33 bits per heavy atom. The minimum atomic E-state index is -4.76. The Bertz CT molecular complexity index is 1450. The first-order valence-corrected chi connectivity index (χ1v) is 13.1. The summed E-state index contributed by atoms with van der Waals surface area (Å²) < 4.78 is 43.9. The van der Waals surface area contributed by atoms with Crippen LogP contribution in [0.3, 0.4) is 0 Å². The molecule has 0 saturated heterocycles. The van der Waals surface area contributed by atoms with Crippen molar-refractivity contribution < 1.29 is 17.9 Å². The number of hydrogen-bond acceptors (Lipinski definition) is 6. The summed E-state index contributed by atoms with van der Waals surface area (Å²) in [7, 11) is 0. The number of rotatable bonds is 7. The Balaban J connectivity index is 1.20. The van der Waals surface area contributed by atoms with Crippen molar-refractivity contribution >= 4 is 22.7 Å². The molecule has 0 bridgehead atoms. The van der Waals surface area contributed by atoms with E-state index in [4.69, 9.17) is 5.73 Å². The topological polar surface area (TPSA) is 85.1 Å². The summed E-state index contributed by atoms with van der Waals surface area (Å²) >= 11 is 0. The summed E-state index contributed by atoms with van der Waals surface area (Å²) in [5.41, 5.74) is 11.3. The van der Waals surface area contributed by atoms with Crippen LogP contribution in [0.1, 0.15) is 42.4 Å². The quantitative estimate of drug-likeness (QED) is 0.239. The lowest BCUT2D eigenvalue weighted by Crippen LogP contribution is -2.37. The molecule has 9 heteroatoms. The molecule has 0 aliphatic heterocycles. The van der Waals surface area contributed by atoms with Crippen molar-refractivity contribution in [1.82, 2.24) is 15.3 Å². The highest BCUT2D eigenvalue weighted by Gasteiger charge is 2.32. The van der Waals surface area contributed by atoms with Crippen molar-refractivity contribution in [1.29, 1.82) is 0 Å². The van der Waals surface area contributed by atoms with Gasteiger partial charge >= 0.3 is 6.36 Å². The number of aromatic nitrogens is 2. The fourth-order valence-electron chi connectivity index (χ4n) is 5.20. The van der Waals surface area contributed by atoms with Crippen molar-refractivity contribution in [2.24, 2.45) is 0 Å². The Morgan fingerprint density at radius 2 is 1.62 bits per heavy atom. The zero-order chi connectivity index (χ0) is 27.6. The van der Waals surface area contributed by atoms with Crippen LogP contribution < -0.4 is 21.1 Å². The summed E-state index contributed by atoms with van der Waals surface area (Å²) in [6.45, 7) is 4.34. The number of ether oxygens (including phenoxy) is 1. The van der Waals surface area contributed by atoms with E-state index in [-0.39, 0.29) is 24.4 Å². The zero-order valence-electron chi connectivity index (χ0n) is 22.0. The number of nitrogens with one attached hydrogen (secondary N) is 2. The van der Waals surface area contributed by atoms with Gasteiger partial charge in [0.2, 0.25) is 5.95 Å². The van der Waals surface area contributed by atoms with Gasteiger partial charge in [-0.15, -0.1) is 13.2 Å². The maximum absolute atomic E-state index is 13.2. The van der Waals surface area contributed by atoms with Gasteiger partial charge in [-0.2, -0.15) is 4.98 Å². The first kappa shape index (κ1) is 26.7. The number of fused-ring (bicyclic) bond motifs is 1. The van der Waals surface area contributed by atoms with Crippen LogP contribution in [0.25, 0.3) is 22.0 Å². The summed E-state index contributed by atoms with van der Waals surface area (Å²) in [5.74, 6) is 0.810. The number of halogens is 3.